The van der Waals surface area contributed by atoms with Crippen molar-refractivity contribution in [3.63, 3.8) is 0 Å². The number of hydrogen-bond acceptors (Lipinski definition) is 1. The summed E-state index contributed by atoms with van der Waals surface area (Å²) < 4.78 is 0. The van der Waals surface area contributed by atoms with Gasteiger partial charge in [-0.05, 0) is 80.4 Å². The average molecular weight is 426 g/mol. The molecule has 0 bridgehead atoms. The van der Waals surface area contributed by atoms with Gasteiger partial charge in [-0.1, -0.05) is 86.6 Å². The maximum Gasteiger partial charge on any atom is 0.0443 e. The Kier molecular flexibility index (Phi) is 3.85. The number of fused-ring (bicyclic) bond motifs is 8. The molecule has 0 N–H and O–H groups in total. The van der Waals surface area contributed by atoms with Crippen LogP contribution in [0.25, 0.3) is 32.7 Å². The number of nitrogens with zero attached hydrogens (tertiary/aromatic N) is 1. The Bertz CT molecular complexity index is 1570. The van der Waals surface area contributed by atoms with Crippen LogP contribution in [0.5, 0.6) is 0 Å². The summed E-state index contributed by atoms with van der Waals surface area (Å²) in [5.41, 5.74) is 9.83. The topological polar surface area (TPSA) is 3.24 Å². The molecule has 0 radical (unpaired) electrons. The van der Waals surface area contributed by atoms with Gasteiger partial charge in [0.15, 0.2) is 0 Å². The van der Waals surface area contributed by atoms with Gasteiger partial charge in [-0.2, -0.15) is 0 Å². The first-order valence-electron chi connectivity index (χ1n) is 12.1. The van der Waals surface area contributed by atoms with Crippen LogP contribution in [-0.4, -0.2) is 6.54 Å². The predicted octanol–water partition coefficient (Wildman–Crippen LogP) is 8.38. The van der Waals surface area contributed by atoms with Crippen LogP contribution in [0.4, 0.5) is 11.4 Å². The van der Waals surface area contributed by atoms with Crippen molar-refractivity contribution in [2.75, 3.05) is 11.4 Å². The van der Waals surface area contributed by atoms with Crippen LogP contribution < -0.4 is 4.90 Å². The van der Waals surface area contributed by atoms with E-state index in [1.165, 1.54) is 73.6 Å². The molecule has 0 saturated carbocycles. The van der Waals surface area contributed by atoms with E-state index in [0.29, 0.717) is 0 Å². The minimum absolute atomic E-state index is 0.0180. The van der Waals surface area contributed by atoms with Crippen molar-refractivity contribution in [2.45, 2.75) is 32.1 Å². The molecule has 0 unspecified atom stereocenters. The van der Waals surface area contributed by atoms with E-state index in [1.807, 2.05) is 0 Å². The third kappa shape index (κ3) is 2.60. The molecule has 0 saturated heterocycles. The van der Waals surface area contributed by atoms with E-state index in [4.69, 9.17) is 0 Å². The average Bonchev–Trinajstić information content (AvgIpc) is 3.10. The van der Waals surface area contributed by atoms with Crippen molar-refractivity contribution in [3.8, 4) is 11.1 Å². The molecule has 0 amide bonds. The molecule has 0 aromatic heterocycles. The first-order chi connectivity index (χ1) is 16.1. The molecule has 1 aliphatic carbocycles. The van der Waals surface area contributed by atoms with Gasteiger partial charge in [0.25, 0.3) is 0 Å². The smallest absolute Gasteiger partial charge is 0.0443 e. The van der Waals surface area contributed by atoms with E-state index in [-0.39, 0.29) is 5.41 Å². The highest BCUT2D eigenvalue weighted by atomic mass is 15.1. The van der Waals surface area contributed by atoms with Gasteiger partial charge in [-0.3, -0.25) is 0 Å². The second kappa shape index (κ2) is 6.71. The van der Waals surface area contributed by atoms with Crippen molar-refractivity contribution in [2.24, 2.45) is 0 Å². The molecule has 1 heterocycles. The molecule has 7 rings (SSSR count). The summed E-state index contributed by atoms with van der Waals surface area (Å²) in [6.45, 7) is 5.86. The zero-order chi connectivity index (χ0) is 22.2. The number of benzene rings is 5. The zero-order valence-corrected chi connectivity index (χ0v) is 19.2. The molecule has 0 fully saturated rings. The molecular weight excluding hydrogens is 398 g/mol. The summed E-state index contributed by atoms with van der Waals surface area (Å²) in [6, 6.07) is 34.1. The fourth-order valence-electron chi connectivity index (χ4n) is 6.28. The Morgan fingerprint density at radius 1 is 0.697 bits per heavy atom. The Morgan fingerprint density at radius 3 is 2.45 bits per heavy atom. The van der Waals surface area contributed by atoms with Gasteiger partial charge in [-0.15, -0.1) is 0 Å². The van der Waals surface area contributed by atoms with Crippen molar-refractivity contribution in [1.29, 1.82) is 0 Å². The normalized spacial score (nSPS) is 16.0. The largest absolute Gasteiger partial charge is 0.341 e. The lowest BCUT2D eigenvalue weighted by molar-refractivity contribution is 0.660. The second-order valence-electron chi connectivity index (χ2n) is 10.1. The lowest BCUT2D eigenvalue weighted by Gasteiger charge is -2.32. The van der Waals surface area contributed by atoms with E-state index in [9.17, 15) is 0 Å². The highest BCUT2D eigenvalue weighted by molar-refractivity contribution is 6.14. The summed E-state index contributed by atoms with van der Waals surface area (Å²) in [4.78, 5) is 2.52. The minimum atomic E-state index is -0.0180. The molecule has 2 aliphatic rings. The van der Waals surface area contributed by atoms with Crippen molar-refractivity contribution < 1.29 is 0 Å². The van der Waals surface area contributed by atoms with Crippen LogP contribution in [0, 0.1) is 0 Å². The third-order valence-electron chi connectivity index (χ3n) is 7.97. The molecule has 160 valence electrons. The van der Waals surface area contributed by atoms with E-state index < -0.39 is 0 Å². The molecule has 5 aromatic carbocycles. The summed E-state index contributed by atoms with van der Waals surface area (Å²) in [5, 5.41) is 5.37. The van der Waals surface area contributed by atoms with E-state index in [0.717, 1.165) is 6.54 Å². The Labute approximate surface area is 195 Å². The Balaban J connectivity index is 1.45. The van der Waals surface area contributed by atoms with Gasteiger partial charge in [0.2, 0.25) is 0 Å². The van der Waals surface area contributed by atoms with Crippen LogP contribution >= 0.6 is 0 Å². The summed E-state index contributed by atoms with van der Waals surface area (Å²) >= 11 is 0. The van der Waals surface area contributed by atoms with Crippen molar-refractivity contribution >= 4 is 32.9 Å². The molecule has 0 atom stereocenters. The molecule has 1 heteroatoms. The number of aryl methyl sites for hydroxylation is 1. The number of anilines is 2. The molecule has 33 heavy (non-hydrogen) atoms. The van der Waals surface area contributed by atoms with E-state index in [1.54, 1.807) is 0 Å². The summed E-state index contributed by atoms with van der Waals surface area (Å²) in [5.74, 6) is 0. The van der Waals surface area contributed by atoms with Gasteiger partial charge in [-0.25, -0.2) is 0 Å². The SMILES string of the molecule is CC1(C)c2cc(N3CCCc4ccccc43)ccc2-c2c1ccc1c2ccc2ccccc21. The second-order valence-corrected chi connectivity index (χ2v) is 10.1. The molecule has 5 aromatic rings. The number of rotatable bonds is 1. The van der Waals surface area contributed by atoms with Crippen molar-refractivity contribution in [1.82, 2.24) is 0 Å². The molecular formula is C32H27N. The van der Waals surface area contributed by atoms with Gasteiger partial charge in [0.1, 0.15) is 0 Å². The molecule has 1 nitrogen and oxygen atoms in total. The molecule has 0 spiro atoms. The van der Waals surface area contributed by atoms with E-state index >= 15 is 0 Å². The van der Waals surface area contributed by atoms with Gasteiger partial charge < -0.3 is 4.90 Å². The lowest BCUT2D eigenvalue weighted by atomic mass is 9.81. The van der Waals surface area contributed by atoms with E-state index in [2.05, 4.69) is 110 Å². The minimum Gasteiger partial charge on any atom is -0.341 e. The summed E-state index contributed by atoms with van der Waals surface area (Å²) in [7, 11) is 0. The van der Waals surface area contributed by atoms with Gasteiger partial charge in [0, 0.05) is 23.3 Å². The fraction of sp³-hybridized carbons (Fsp3) is 0.188. The number of hydrogen-bond donors (Lipinski definition) is 0. The Morgan fingerprint density at radius 2 is 1.52 bits per heavy atom. The molecule has 1 aliphatic heterocycles. The quantitative estimate of drug-likeness (QED) is 0.244. The van der Waals surface area contributed by atoms with Crippen LogP contribution in [0.15, 0.2) is 91.0 Å². The van der Waals surface area contributed by atoms with Crippen LogP contribution in [0.3, 0.4) is 0 Å². The lowest BCUT2D eigenvalue weighted by Crippen LogP contribution is -2.25. The van der Waals surface area contributed by atoms with Crippen LogP contribution in [-0.2, 0) is 11.8 Å². The first kappa shape index (κ1) is 18.9. The zero-order valence-electron chi connectivity index (χ0n) is 19.2. The van der Waals surface area contributed by atoms with Gasteiger partial charge in [0.05, 0.1) is 0 Å². The maximum atomic E-state index is 2.52. The number of para-hydroxylation sites is 1. The van der Waals surface area contributed by atoms with Crippen LogP contribution in [0.1, 0.15) is 37.0 Å². The highest BCUT2D eigenvalue weighted by Crippen LogP contribution is 2.53. The maximum absolute atomic E-state index is 2.52. The first-order valence-corrected chi connectivity index (χ1v) is 12.1. The standard InChI is InChI=1S/C32H27N/c1-32(2)28-18-17-25-24-11-5-3-8-21(24)13-15-26(25)31(28)27-16-14-23(20-29(27)32)33-19-7-10-22-9-4-6-12-30(22)33/h3-6,8-9,11-18,20H,7,10,19H2,1-2H3. The summed E-state index contributed by atoms with van der Waals surface area (Å²) in [6.07, 6.45) is 2.38. The fourth-order valence-corrected chi connectivity index (χ4v) is 6.28. The van der Waals surface area contributed by atoms with Gasteiger partial charge >= 0.3 is 0 Å². The van der Waals surface area contributed by atoms with Crippen LogP contribution in [0.2, 0.25) is 0 Å². The Hall–Kier alpha value is -3.58. The monoisotopic (exact) mass is 425 g/mol. The van der Waals surface area contributed by atoms with Crippen molar-refractivity contribution in [3.05, 3.63) is 108 Å². The predicted molar refractivity (Wildman–Crippen MR) is 141 cm³/mol. The third-order valence-corrected chi connectivity index (χ3v) is 7.97. The highest BCUT2D eigenvalue weighted by Gasteiger charge is 2.37.